The Bertz CT molecular complexity index is 767. The maximum Gasteiger partial charge on any atom is 0.416 e. The number of ether oxygens (including phenoxy) is 1. The Kier molecular flexibility index (Phi) is 8.13. The number of benzene rings is 2. The number of thioether (sulfide) groups is 1. The van der Waals surface area contributed by atoms with Crippen molar-refractivity contribution in [2.24, 2.45) is 0 Å². The van der Waals surface area contributed by atoms with Crippen molar-refractivity contribution >= 4 is 40.9 Å². The standard InChI is InChI=1S/C18H16Cl2F3NO2S/c19-15-5-2-6-16(20)14(15)11-27-8-7-24-17(25)10-26-13-4-1-3-12(9-13)18(21,22)23/h1-6,9H,7-8,10-11H2,(H,24,25). The van der Waals surface area contributed by atoms with Gasteiger partial charge in [0.2, 0.25) is 0 Å². The summed E-state index contributed by atoms with van der Waals surface area (Å²) < 4.78 is 43.0. The van der Waals surface area contributed by atoms with Crippen LogP contribution in [0.3, 0.4) is 0 Å². The Morgan fingerprint density at radius 1 is 1.11 bits per heavy atom. The van der Waals surface area contributed by atoms with Crippen molar-refractivity contribution in [2.45, 2.75) is 11.9 Å². The first-order chi connectivity index (χ1) is 12.8. The molecule has 2 aromatic rings. The predicted molar refractivity (Wildman–Crippen MR) is 103 cm³/mol. The Balaban J connectivity index is 1.68. The Labute approximate surface area is 169 Å². The molecular weight excluding hydrogens is 422 g/mol. The summed E-state index contributed by atoms with van der Waals surface area (Å²) in [5, 5.41) is 3.82. The van der Waals surface area contributed by atoms with Crippen LogP contribution in [-0.4, -0.2) is 24.8 Å². The third-order valence-corrected chi connectivity index (χ3v) is 5.10. The number of halogens is 5. The number of amides is 1. The summed E-state index contributed by atoms with van der Waals surface area (Å²) in [5.74, 6) is 0.804. The van der Waals surface area contributed by atoms with E-state index in [9.17, 15) is 18.0 Å². The molecule has 3 nitrogen and oxygen atoms in total. The molecule has 0 bridgehead atoms. The second-order valence-electron chi connectivity index (χ2n) is 5.42. The summed E-state index contributed by atoms with van der Waals surface area (Å²) >= 11 is 13.7. The van der Waals surface area contributed by atoms with E-state index in [1.165, 1.54) is 12.1 Å². The molecular formula is C18H16Cl2F3NO2S. The first-order valence-electron chi connectivity index (χ1n) is 7.85. The Morgan fingerprint density at radius 2 is 1.78 bits per heavy atom. The van der Waals surface area contributed by atoms with Gasteiger partial charge in [0.05, 0.1) is 5.56 Å². The van der Waals surface area contributed by atoms with Crippen LogP contribution in [0.4, 0.5) is 13.2 Å². The Morgan fingerprint density at radius 3 is 2.44 bits per heavy atom. The van der Waals surface area contributed by atoms with E-state index in [0.29, 0.717) is 28.1 Å². The summed E-state index contributed by atoms with van der Waals surface area (Å²) in [6, 6.07) is 9.68. The average molecular weight is 438 g/mol. The molecule has 2 rings (SSSR count). The van der Waals surface area contributed by atoms with Crippen molar-refractivity contribution in [3.8, 4) is 5.75 Å². The number of alkyl halides is 3. The second kappa shape index (κ2) is 10.1. The van der Waals surface area contributed by atoms with E-state index in [0.717, 1.165) is 17.7 Å². The SMILES string of the molecule is O=C(COc1cccc(C(F)(F)F)c1)NCCSCc1c(Cl)cccc1Cl. The Hall–Kier alpha value is -1.57. The number of nitrogens with one attached hydrogen (secondary N) is 1. The lowest BCUT2D eigenvalue weighted by molar-refractivity contribution is -0.137. The van der Waals surface area contributed by atoms with E-state index in [4.69, 9.17) is 27.9 Å². The van der Waals surface area contributed by atoms with E-state index in [1.54, 1.807) is 30.0 Å². The highest BCUT2D eigenvalue weighted by Gasteiger charge is 2.30. The third kappa shape index (κ3) is 7.16. The normalized spacial score (nSPS) is 11.3. The molecule has 0 aromatic heterocycles. The molecule has 146 valence electrons. The fraction of sp³-hybridized carbons (Fsp3) is 0.278. The van der Waals surface area contributed by atoms with Crippen LogP contribution in [0.15, 0.2) is 42.5 Å². The first-order valence-corrected chi connectivity index (χ1v) is 9.76. The molecule has 1 amide bonds. The van der Waals surface area contributed by atoms with Gasteiger partial charge in [0.25, 0.3) is 5.91 Å². The van der Waals surface area contributed by atoms with Gasteiger partial charge in [-0.05, 0) is 35.9 Å². The molecule has 0 radical (unpaired) electrons. The van der Waals surface area contributed by atoms with E-state index >= 15 is 0 Å². The zero-order valence-electron chi connectivity index (χ0n) is 14.0. The summed E-state index contributed by atoms with van der Waals surface area (Å²) in [5.41, 5.74) is 0.0140. The summed E-state index contributed by atoms with van der Waals surface area (Å²) in [4.78, 5) is 11.7. The van der Waals surface area contributed by atoms with Gasteiger partial charge in [-0.2, -0.15) is 24.9 Å². The lowest BCUT2D eigenvalue weighted by atomic mass is 10.2. The fourth-order valence-electron chi connectivity index (χ4n) is 2.07. The van der Waals surface area contributed by atoms with Gasteiger partial charge in [0.15, 0.2) is 6.61 Å². The molecule has 0 saturated carbocycles. The molecule has 0 heterocycles. The third-order valence-electron chi connectivity index (χ3n) is 3.41. The van der Waals surface area contributed by atoms with Crippen LogP contribution in [0.1, 0.15) is 11.1 Å². The van der Waals surface area contributed by atoms with Crippen molar-refractivity contribution in [1.82, 2.24) is 5.32 Å². The van der Waals surface area contributed by atoms with Gasteiger partial charge in [0, 0.05) is 28.1 Å². The molecule has 0 aliphatic carbocycles. The molecule has 1 N–H and O–H groups in total. The first kappa shape index (κ1) is 21.7. The fourth-order valence-corrected chi connectivity index (χ4v) is 3.66. The van der Waals surface area contributed by atoms with Crippen molar-refractivity contribution in [2.75, 3.05) is 18.9 Å². The van der Waals surface area contributed by atoms with Crippen LogP contribution in [0.2, 0.25) is 10.0 Å². The molecule has 0 atom stereocenters. The topological polar surface area (TPSA) is 38.3 Å². The van der Waals surface area contributed by atoms with E-state index in [-0.39, 0.29) is 12.4 Å². The second-order valence-corrected chi connectivity index (χ2v) is 7.34. The maximum absolute atomic E-state index is 12.6. The van der Waals surface area contributed by atoms with Gasteiger partial charge in [0.1, 0.15) is 5.75 Å². The van der Waals surface area contributed by atoms with Crippen molar-refractivity contribution in [1.29, 1.82) is 0 Å². The van der Waals surface area contributed by atoms with Gasteiger partial charge in [-0.15, -0.1) is 0 Å². The van der Waals surface area contributed by atoms with Crippen LogP contribution in [0.5, 0.6) is 5.75 Å². The monoisotopic (exact) mass is 437 g/mol. The zero-order valence-corrected chi connectivity index (χ0v) is 16.3. The van der Waals surface area contributed by atoms with Crippen LogP contribution >= 0.6 is 35.0 Å². The minimum Gasteiger partial charge on any atom is -0.484 e. The van der Waals surface area contributed by atoms with Crippen LogP contribution in [0.25, 0.3) is 0 Å². The smallest absolute Gasteiger partial charge is 0.416 e. The lowest BCUT2D eigenvalue weighted by Gasteiger charge is -2.10. The van der Waals surface area contributed by atoms with Crippen LogP contribution in [0, 0.1) is 0 Å². The number of hydrogen-bond donors (Lipinski definition) is 1. The summed E-state index contributed by atoms with van der Waals surface area (Å²) in [7, 11) is 0. The molecule has 9 heteroatoms. The van der Waals surface area contributed by atoms with Gasteiger partial charge < -0.3 is 10.1 Å². The van der Waals surface area contributed by atoms with Gasteiger partial charge in [-0.25, -0.2) is 0 Å². The van der Waals surface area contributed by atoms with Crippen LogP contribution in [-0.2, 0) is 16.7 Å². The highest BCUT2D eigenvalue weighted by atomic mass is 35.5. The van der Waals surface area contributed by atoms with Gasteiger partial charge in [-0.3, -0.25) is 4.79 Å². The minimum absolute atomic E-state index is 0.0114. The molecule has 2 aromatic carbocycles. The highest BCUT2D eigenvalue weighted by Crippen LogP contribution is 2.31. The van der Waals surface area contributed by atoms with Crippen molar-refractivity contribution in [3.05, 3.63) is 63.6 Å². The highest BCUT2D eigenvalue weighted by molar-refractivity contribution is 7.98. The lowest BCUT2D eigenvalue weighted by Crippen LogP contribution is -2.30. The largest absolute Gasteiger partial charge is 0.484 e. The summed E-state index contributed by atoms with van der Waals surface area (Å²) in [6.45, 7) is 0.0276. The zero-order chi connectivity index (χ0) is 19.9. The molecule has 0 aliphatic rings. The average Bonchev–Trinajstić information content (AvgIpc) is 2.61. The number of carbonyl (C=O) groups is 1. The maximum atomic E-state index is 12.6. The predicted octanol–water partition coefficient (Wildman–Crippen LogP) is 5.44. The molecule has 0 fully saturated rings. The number of rotatable bonds is 8. The molecule has 27 heavy (non-hydrogen) atoms. The van der Waals surface area contributed by atoms with E-state index in [1.807, 2.05) is 0 Å². The van der Waals surface area contributed by atoms with Crippen molar-refractivity contribution in [3.63, 3.8) is 0 Å². The quantitative estimate of drug-likeness (QED) is 0.558. The van der Waals surface area contributed by atoms with Crippen LogP contribution < -0.4 is 10.1 Å². The van der Waals surface area contributed by atoms with Gasteiger partial charge >= 0.3 is 6.18 Å². The number of carbonyl (C=O) groups excluding carboxylic acids is 1. The van der Waals surface area contributed by atoms with Crippen molar-refractivity contribution < 1.29 is 22.7 Å². The minimum atomic E-state index is -4.45. The summed E-state index contributed by atoms with van der Waals surface area (Å²) in [6.07, 6.45) is -4.45. The molecule has 0 saturated heterocycles. The van der Waals surface area contributed by atoms with E-state index < -0.39 is 17.6 Å². The molecule has 0 spiro atoms. The van der Waals surface area contributed by atoms with Gasteiger partial charge in [-0.1, -0.05) is 35.3 Å². The number of hydrogen-bond acceptors (Lipinski definition) is 3. The molecule has 0 unspecified atom stereocenters. The van der Waals surface area contributed by atoms with E-state index in [2.05, 4.69) is 5.32 Å². The molecule has 0 aliphatic heterocycles.